The van der Waals surface area contributed by atoms with Crippen LogP contribution in [0, 0.1) is 28.6 Å². The Hall–Kier alpha value is -2.63. The van der Waals surface area contributed by atoms with E-state index >= 15 is 0 Å². The third-order valence-electron chi connectivity index (χ3n) is 14.6. The molecule has 0 spiro atoms. The first-order valence-electron chi connectivity index (χ1n) is 17.4. The highest BCUT2D eigenvalue weighted by atomic mass is 16.5. The van der Waals surface area contributed by atoms with Crippen LogP contribution < -0.4 is 0 Å². The number of ketones is 1. The summed E-state index contributed by atoms with van der Waals surface area (Å²) in [5, 5.41) is 13.3. The molecular weight excluding hydrogens is 558 g/mol. The van der Waals surface area contributed by atoms with Gasteiger partial charge in [0.25, 0.3) is 0 Å². The molecule has 0 amide bonds. The van der Waals surface area contributed by atoms with Crippen molar-refractivity contribution in [2.75, 3.05) is 0 Å². The normalized spacial score (nSPS) is 42.7. The molecule has 1 N–H and O–H groups in total. The molecule has 7 aliphatic rings. The van der Waals surface area contributed by atoms with Crippen LogP contribution in [0.25, 0.3) is 16.5 Å². The minimum Gasteiger partial charge on any atom is -0.498 e. The van der Waals surface area contributed by atoms with Crippen LogP contribution in [0.4, 0.5) is 0 Å². The zero-order valence-corrected chi connectivity index (χ0v) is 28.3. The number of Topliss-reactive ketones (excluding diaryl/α,β-unsaturated/α-hetero) is 1. The number of aliphatic hydroxyl groups excluding tert-OH is 1. The number of aromatic nitrogens is 1. The molecule has 9 atom stereocenters. The minimum absolute atomic E-state index is 0.0743. The Balaban J connectivity index is 1.32. The number of hydrogen-bond acceptors (Lipinski definition) is 4. The number of ether oxygens (including phenoxy) is 2. The van der Waals surface area contributed by atoms with E-state index in [9.17, 15) is 9.90 Å². The van der Waals surface area contributed by atoms with Crippen LogP contribution in [0.2, 0.25) is 0 Å². The van der Waals surface area contributed by atoms with Crippen LogP contribution in [0.1, 0.15) is 132 Å². The second kappa shape index (κ2) is 8.26. The smallest absolute Gasteiger partial charge is 0.192 e. The van der Waals surface area contributed by atoms with E-state index < -0.39 is 23.3 Å². The summed E-state index contributed by atoms with van der Waals surface area (Å²) in [4.78, 5) is 14.8. The largest absolute Gasteiger partial charge is 0.498 e. The van der Waals surface area contributed by atoms with Crippen LogP contribution in [-0.4, -0.2) is 32.8 Å². The number of benzene rings is 1. The lowest BCUT2D eigenvalue weighted by molar-refractivity contribution is -0.170. The number of carbonyl (C=O) groups excluding carboxylic acids is 1. The van der Waals surface area contributed by atoms with Gasteiger partial charge in [-0.15, -0.1) is 0 Å². The molecule has 2 aromatic rings. The number of rotatable bonds is 1. The molecule has 0 bridgehead atoms. The SMILES string of the molecule is C=C(C)[C@H]1C(=O)c2c3c(cc4c5c(n1c24)C1(C)C(CCC2[C@]4(C)CC=CO[C@H]4CC[C@@]21C)C5)C1=CC(C)(C)OC(C)(C)C1[C@@H]3O. The summed E-state index contributed by atoms with van der Waals surface area (Å²) < 4.78 is 15.3. The maximum absolute atomic E-state index is 14.8. The topological polar surface area (TPSA) is 60.7 Å². The van der Waals surface area contributed by atoms with Crippen molar-refractivity contribution in [3.05, 3.63) is 64.6 Å². The monoisotopic (exact) mass is 607 g/mol. The van der Waals surface area contributed by atoms with E-state index in [-0.39, 0.29) is 34.1 Å². The Kier molecular flexibility index (Phi) is 5.24. The van der Waals surface area contributed by atoms with Gasteiger partial charge in [-0.1, -0.05) is 32.9 Å². The summed E-state index contributed by atoms with van der Waals surface area (Å²) in [6.45, 7) is 22.4. The maximum atomic E-state index is 14.8. The Morgan fingerprint density at radius 3 is 2.58 bits per heavy atom. The molecule has 1 aromatic heterocycles. The first-order chi connectivity index (χ1) is 21.1. The van der Waals surface area contributed by atoms with Gasteiger partial charge in [0.2, 0.25) is 0 Å². The van der Waals surface area contributed by atoms with Crippen molar-refractivity contribution in [2.45, 2.75) is 129 Å². The summed E-state index contributed by atoms with van der Waals surface area (Å²) in [6, 6.07) is 1.93. The van der Waals surface area contributed by atoms with Crippen molar-refractivity contribution in [1.29, 1.82) is 0 Å². The van der Waals surface area contributed by atoms with E-state index in [1.807, 2.05) is 13.2 Å². The molecular formula is C40H49NO4. The molecule has 45 heavy (non-hydrogen) atoms. The molecule has 2 saturated carbocycles. The molecule has 4 unspecified atom stereocenters. The molecule has 5 nitrogen and oxygen atoms in total. The fourth-order valence-corrected chi connectivity index (χ4v) is 12.9. The molecule has 3 aliphatic heterocycles. The molecule has 0 radical (unpaired) electrons. The number of allylic oxidation sites excluding steroid dienone is 2. The van der Waals surface area contributed by atoms with Gasteiger partial charge >= 0.3 is 0 Å². The van der Waals surface area contributed by atoms with Gasteiger partial charge in [0.1, 0.15) is 12.1 Å². The van der Waals surface area contributed by atoms with Crippen LogP contribution in [0.15, 0.2) is 36.6 Å². The molecule has 9 rings (SSSR count). The van der Waals surface area contributed by atoms with E-state index in [2.05, 4.69) is 77.8 Å². The Morgan fingerprint density at radius 1 is 1.09 bits per heavy atom. The molecule has 1 aromatic carbocycles. The van der Waals surface area contributed by atoms with Crippen molar-refractivity contribution in [2.24, 2.45) is 28.6 Å². The standard InChI is InChI=1S/C40H49NO4/c1-20(2)31-34(43)29-28-22(25-19-36(3,4)45-37(5,6)30(25)33(28)42)18-23-24-17-21-11-12-26-38(7)14-10-16-44-27(38)13-15-39(26,8)40(21,9)35(24)41(31)32(23)29/h10,16,18-19,21,26-27,30-31,33,42H,1,11-15,17H2,2-9H3/t21?,26?,27-,30?,31-,33+,38-,39-,40?/m0/s1. The van der Waals surface area contributed by atoms with Gasteiger partial charge in [-0.2, -0.15) is 0 Å². The average molecular weight is 608 g/mol. The van der Waals surface area contributed by atoms with Gasteiger partial charge in [-0.05, 0) is 125 Å². The van der Waals surface area contributed by atoms with E-state index in [0.29, 0.717) is 11.8 Å². The van der Waals surface area contributed by atoms with Gasteiger partial charge in [0, 0.05) is 33.4 Å². The third kappa shape index (κ3) is 3.08. The van der Waals surface area contributed by atoms with Crippen LogP contribution >= 0.6 is 0 Å². The van der Waals surface area contributed by atoms with Gasteiger partial charge < -0.3 is 19.1 Å². The zero-order valence-electron chi connectivity index (χ0n) is 28.3. The summed E-state index contributed by atoms with van der Waals surface area (Å²) in [7, 11) is 0. The number of nitrogens with zero attached hydrogens (tertiary/aromatic N) is 1. The maximum Gasteiger partial charge on any atom is 0.192 e. The van der Waals surface area contributed by atoms with Gasteiger partial charge in [0.05, 0.1) is 34.6 Å². The lowest BCUT2D eigenvalue weighted by Crippen LogP contribution is -2.63. The summed E-state index contributed by atoms with van der Waals surface area (Å²) in [5.41, 5.74) is 7.55. The lowest BCUT2D eigenvalue weighted by Gasteiger charge is -2.65. The van der Waals surface area contributed by atoms with Crippen molar-refractivity contribution in [3.8, 4) is 0 Å². The first kappa shape index (κ1) is 28.6. The highest BCUT2D eigenvalue weighted by Crippen LogP contribution is 2.72. The summed E-state index contributed by atoms with van der Waals surface area (Å²) in [6.07, 6.45) is 12.6. The number of carbonyl (C=O) groups is 1. The summed E-state index contributed by atoms with van der Waals surface area (Å²) >= 11 is 0. The fourth-order valence-electron chi connectivity index (χ4n) is 12.9. The van der Waals surface area contributed by atoms with E-state index in [0.717, 1.165) is 59.0 Å². The Morgan fingerprint density at radius 2 is 1.84 bits per heavy atom. The fraction of sp³-hybridized carbons (Fsp3) is 0.625. The zero-order chi connectivity index (χ0) is 31.8. The van der Waals surface area contributed by atoms with Gasteiger partial charge in [-0.25, -0.2) is 0 Å². The van der Waals surface area contributed by atoms with Crippen molar-refractivity contribution < 1.29 is 19.4 Å². The average Bonchev–Trinajstić information content (AvgIpc) is 3.61. The predicted molar refractivity (Wildman–Crippen MR) is 177 cm³/mol. The lowest BCUT2D eigenvalue weighted by atomic mass is 9.40. The number of aliphatic hydroxyl groups is 1. The molecule has 0 saturated heterocycles. The number of hydrogen-bond donors (Lipinski definition) is 1. The quantitative estimate of drug-likeness (QED) is 0.330. The molecule has 238 valence electrons. The highest BCUT2D eigenvalue weighted by molar-refractivity contribution is 6.18. The van der Waals surface area contributed by atoms with Crippen molar-refractivity contribution in [3.63, 3.8) is 0 Å². The summed E-state index contributed by atoms with van der Waals surface area (Å²) in [5.74, 6) is 0.957. The van der Waals surface area contributed by atoms with Crippen LogP contribution in [0.3, 0.4) is 0 Å². The van der Waals surface area contributed by atoms with Gasteiger partial charge in [0.15, 0.2) is 5.78 Å². The molecule has 4 aliphatic carbocycles. The molecule has 4 heterocycles. The van der Waals surface area contributed by atoms with E-state index in [4.69, 9.17) is 9.47 Å². The second-order valence-corrected chi connectivity index (χ2v) is 17.6. The Labute approximate surface area is 267 Å². The van der Waals surface area contributed by atoms with Crippen molar-refractivity contribution in [1.82, 2.24) is 4.57 Å². The highest BCUT2D eigenvalue weighted by Gasteiger charge is 2.68. The van der Waals surface area contributed by atoms with E-state index in [1.54, 1.807) is 0 Å². The molecule has 2 fully saturated rings. The van der Waals surface area contributed by atoms with Crippen LogP contribution in [0.5, 0.6) is 0 Å². The Bertz CT molecular complexity index is 1820. The number of fused-ring (bicyclic) bond motifs is 13. The first-order valence-corrected chi connectivity index (χ1v) is 17.4. The second-order valence-electron chi connectivity index (χ2n) is 17.6. The molecule has 5 heteroatoms. The van der Waals surface area contributed by atoms with Crippen LogP contribution in [-0.2, 0) is 21.3 Å². The van der Waals surface area contributed by atoms with Gasteiger partial charge in [-0.3, -0.25) is 4.79 Å². The third-order valence-corrected chi connectivity index (χ3v) is 14.6. The minimum atomic E-state index is -0.794. The van der Waals surface area contributed by atoms with E-state index in [1.165, 1.54) is 29.5 Å². The van der Waals surface area contributed by atoms with Crippen molar-refractivity contribution >= 4 is 22.3 Å². The predicted octanol–water partition coefficient (Wildman–Crippen LogP) is 8.54.